The maximum Gasteiger partial charge on any atom is 0.234 e. The molecule has 0 fully saturated rings. The Morgan fingerprint density at radius 2 is 1.88 bits per heavy atom. The molecule has 26 heavy (non-hydrogen) atoms. The summed E-state index contributed by atoms with van der Waals surface area (Å²) in [6.45, 7) is 3.32. The summed E-state index contributed by atoms with van der Waals surface area (Å²) in [4.78, 5) is 22.5. The highest BCUT2D eigenvalue weighted by Gasteiger charge is 2.22. The van der Waals surface area contributed by atoms with Crippen molar-refractivity contribution in [2.45, 2.75) is 13.3 Å². The fraction of sp³-hybridized carbons (Fsp3) is 0.333. The van der Waals surface area contributed by atoms with Crippen molar-refractivity contribution in [3.8, 4) is 0 Å². The van der Waals surface area contributed by atoms with E-state index in [-0.39, 0.29) is 5.91 Å². The van der Waals surface area contributed by atoms with E-state index in [9.17, 15) is 4.79 Å². The molecule has 0 N–H and O–H groups in total. The van der Waals surface area contributed by atoms with Crippen LogP contribution in [0, 0.1) is 6.92 Å². The first kappa shape index (κ1) is 19.6. The Labute approximate surface area is 171 Å². The van der Waals surface area contributed by atoms with Crippen LogP contribution in [0.2, 0.25) is 9.36 Å². The van der Waals surface area contributed by atoms with Gasteiger partial charge in [0.05, 0.1) is 26.0 Å². The first-order chi connectivity index (χ1) is 12.3. The summed E-state index contributed by atoms with van der Waals surface area (Å²) >= 11 is 15.2. The van der Waals surface area contributed by atoms with Crippen molar-refractivity contribution in [3.05, 3.63) is 44.1 Å². The highest BCUT2D eigenvalue weighted by molar-refractivity contribution is 7.23. The average Bonchev–Trinajstić information content (AvgIpc) is 3.18. The molecule has 0 saturated heterocycles. The molecule has 0 atom stereocenters. The molecule has 3 rings (SSSR count). The van der Waals surface area contributed by atoms with Crippen LogP contribution in [0.4, 0.5) is 5.13 Å². The monoisotopic (exact) mass is 427 g/mol. The molecule has 1 aromatic carbocycles. The molecule has 3 aromatic rings. The van der Waals surface area contributed by atoms with Crippen molar-refractivity contribution >= 4 is 67.1 Å². The molecule has 0 bridgehead atoms. The number of halogens is 2. The summed E-state index contributed by atoms with van der Waals surface area (Å²) < 4.78 is 1.61. The number of aromatic nitrogens is 1. The van der Waals surface area contributed by atoms with Crippen molar-refractivity contribution < 1.29 is 4.79 Å². The number of anilines is 1. The Hall–Kier alpha value is -1.18. The number of hydrogen-bond acceptors (Lipinski definition) is 5. The molecular weight excluding hydrogens is 409 g/mol. The molecule has 138 valence electrons. The van der Waals surface area contributed by atoms with E-state index in [1.54, 1.807) is 4.90 Å². The minimum absolute atomic E-state index is 0.0122. The van der Waals surface area contributed by atoms with Crippen LogP contribution in [0.25, 0.3) is 10.2 Å². The van der Waals surface area contributed by atoms with Crippen molar-refractivity contribution in [3.63, 3.8) is 0 Å². The van der Waals surface area contributed by atoms with E-state index in [1.807, 2.05) is 50.2 Å². The third kappa shape index (κ3) is 4.38. The van der Waals surface area contributed by atoms with Crippen LogP contribution in [0.15, 0.2) is 24.3 Å². The van der Waals surface area contributed by atoms with Crippen LogP contribution in [0.5, 0.6) is 0 Å². The van der Waals surface area contributed by atoms with Gasteiger partial charge in [-0.1, -0.05) is 40.6 Å². The SMILES string of the molecule is Cc1ccc(Cl)c2sc(N(CCN(C)C)C(=O)Cc3ccc(Cl)s3)nc12. The second-order valence-corrected chi connectivity index (χ2v) is 9.45. The van der Waals surface area contributed by atoms with Crippen LogP contribution in [0.1, 0.15) is 10.4 Å². The minimum Gasteiger partial charge on any atom is -0.308 e. The fourth-order valence-electron chi connectivity index (χ4n) is 2.52. The average molecular weight is 428 g/mol. The van der Waals surface area contributed by atoms with Gasteiger partial charge in [0.25, 0.3) is 0 Å². The molecule has 8 heteroatoms. The summed E-state index contributed by atoms with van der Waals surface area (Å²) in [5.41, 5.74) is 1.91. The van der Waals surface area contributed by atoms with Crippen LogP contribution < -0.4 is 4.90 Å². The molecule has 4 nitrogen and oxygen atoms in total. The Morgan fingerprint density at radius 1 is 1.12 bits per heavy atom. The van der Waals surface area contributed by atoms with E-state index < -0.39 is 0 Å². The highest BCUT2D eigenvalue weighted by atomic mass is 35.5. The number of rotatable bonds is 6. The number of fused-ring (bicyclic) bond motifs is 1. The highest BCUT2D eigenvalue weighted by Crippen LogP contribution is 2.36. The van der Waals surface area contributed by atoms with Gasteiger partial charge in [0.15, 0.2) is 5.13 Å². The van der Waals surface area contributed by atoms with Gasteiger partial charge in [-0.2, -0.15) is 0 Å². The predicted molar refractivity (Wildman–Crippen MR) is 113 cm³/mol. The lowest BCUT2D eigenvalue weighted by atomic mass is 10.2. The number of amides is 1. The Bertz CT molecular complexity index is 897. The summed E-state index contributed by atoms with van der Waals surface area (Å²) in [6.07, 6.45) is 0.313. The molecule has 0 saturated carbocycles. The summed E-state index contributed by atoms with van der Waals surface area (Å²) in [6, 6.07) is 7.54. The van der Waals surface area contributed by atoms with Gasteiger partial charge in [0.2, 0.25) is 5.91 Å². The van der Waals surface area contributed by atoms with Crippen molar-refractivity contribution in [2.75, 3.05) is 32.1 Å². The number of hydrogen-bond donors (Lipinski definition) is 0. The number of carbonyl (C=O) groups is 1. The first-order valence-corrected chi connectivity index (χ1v) is 10.5. The lowest BCUT2D eigenvalue weighted by Gasteiger charge is -2.21. The molecule has 2 heterocycles. The molecule has 0 aliphatic carbocycles. The van der Waals surface area contributed by atoms with Crippen molar-refractivity contribution in [2.24, 2.45) is 0 Å². The normalized spacial score (nSPS) is 11.5. The van der Waals surface area contributed by atoms with E-state index >= 15 is 0 Å². The lowest BCUT2D eigenvalue weighted by molar-refractivity contribution is -0.118. The predicted octanol–water partition coefficient (Wildman–Crippen LogP) is 5.11. The first-order valence-electron chi connectivity index (χ1n) is 8.10. The van der Waals surface area contributed by atoms with E-state index in [4.69, 9.17) is 28.2 Å². The molecule has 0 unspecified atom stereocenters. The number of carbonyl (C=O) groups excluding carboxylic acids is 1. The molecule has 0 spiro atoms. The maximum atomic E-state index is 13.0. The fourth-order valence-corrected chi connectivity index (χ4v) is 4.96. The standard InChI is InChI=1S/C18H19Cl2N3OS2/c1-11-4-6-13(19)17-16(11)21-18(26-17)23(9-8-22(2)3)15(24)10-12-5-7-14(20)25-12/h4-7H,8-10H2,1-3H3. The number of likely N-dealkylation sites (N-methyl/N-ethyl adjacent to an activating group) is 1. The molecule has 0 radical (unpaired) electrons. The van der Waals surface area contributed by atoms with Crippen LogP contribution in [-0.4, -0.2) is 43.0 Å². The number of benzene rings is 1. The number of thiophene rings is 1. The van der Waals surface area contributed by atoms with E-state index in [0.717, 1.165) is 27.2 Å². The zero-order chi connectivity index (χ0) is 18.8. The smallest absolute Gasteiger partial charge is 0.234 e. The van der Waals surface area contributed by atoms with Gasteiger partial charge in [0.1, 0.15) is 0 Å². The van der Waals surface area contributed by atoms with E-state index in [0.29, 0.717) is 27.5 Å². The van der Waals surface area contributed by atoms with E-state index in [2.05, 4.69) is 0 Å². The largest absolute Gasteiger partial charge is 0.308 e. The zero-order valence-electron chi connectivity index (χ0n) is 14.8. The Balaban J connectivity index is 1.93. The second-order valence-electron chi connectivity index (χ2n) is 6.27. The van der Waals surface area contributed by atoms with Crippen molar-refractivity contribution in [1.82, 2.24) is 9.88 Å². The van der Waals surface area contributed by atoms with Gasteiger partial charge >= 0.3 is 0 Å². The molecule has 0 aliphatic heterocycles. The van der Waals surface area contributed by atoms with Gasteiger partial charge in [-0.15, -0.1) is 11.3 Å². The third-order valence-electron chi connectivity index (χ3n) is 3.94. The van der Waals surface area contributed by atoms with Crippen LogP contribution >= 0.6 is 45.9 Å². The third-order valence-corrected chi connectivity index (χ3v) is 6.71. The van der Waals surface area contributed by atoms with E-state index in [1.165, 1.54) is 22.7 Å². The lowest BCUT2D eigenvalue weighted by Crippen LogP contribution is -2.37. The van der Waals surface area contributed by atoms with Gasteiger partial charge < -0.3 is 4.90 Å². The second kappa shape index (κ2) is 8.23. The van der Waals surface area contributed by atoms with Crippen LogP contribution in [0.3, 0.4) is 0 Å². The quantitative estimate of drug-likeness (QED) is 0.548. The van der Waals surface area contributed by atoms with Gasteiger partial charge in [-0.05, 0) is 44.8 Å². The van der Waals surface area contributed by atoms with Gasteiger partial charge in [0, 0.05) is 18.0 Å². The molecule has 1 amide bonds. The zero-order valence-corrected chi connectivity index (χ0v) is 17.9. The summed E-state index contributed by atoms with van der Waals surface area (Å²) in [5, 5.41) is 1.35. The summed E-state index contributed by atoms with van der Waals surface area (Å²) in [7, 11) is 3.97. The summed E-state index contributed by atoms with van der Waals surface area (Å²) in [5.74, 6) is 0.0122. The van der Waals surface area contributed by atoms with Crippen molar-refractivity contribution in [1.29, 1.82) is 0 Å². The van der Waals surface area contributed by atoms with Gasteiger partial charge in [-0.3, -0.25) is 9.69 Å². The Morgan fingerprint density at radius 3 is 2.50 bits per heavy atom. The molecule has 0 aliphatic rings. The maximum absolute atomic E-state index is 13.0. The number of aryl methyl sites for hydroxylation is 1. The van der Waals surface area contributed by atoms with Gasteiger partial charge in [-0.25, -0.2) is 4.98 Å². The molecular formula is C18H19Cl2N3OS2. The van der Waals surface area contributed by atoms with Crippen LogP contribution in [-0.2, 0) is 11.2 Å². The minimum atomic E-state index is 0.0122. The molecule has 2 aromatic heterocycles. The Kier molecular flexibility index (Phi) is 6.20. The number of thiazole rings is 1. The number of nitrogens with zero attached hydrogens (tertiary/aromatic N) is 3. The topological polar surface area (TPSA) is 36.4 Å².